The number of nitrogens with zero attached hydrogens (tertiary/aromatic N) is 1. The number of likely N-dealkylation sites (tertiary alicyclic amines) is 1. The maximum Gasteiger partial charge on any atom is 0.336 e. The average molecular weight is 455 g/mol. The first-order valence-corrected chi connectivity index (χ1v) is 10.8. The van der Waals surface area contributed by atoms with Gasteiger partial charge in [0, 0.05) is 40.8 Å². The molecule has 0 radical (unpaired) electrons. The van der Waals surface area contributed by atoms with E-state index in [1.807, 2.05) is 37.3 Å². The Morgan fingerprint density at radius 2 is 1.88 bits per heavy atom. The van der Waals surface area contributed by atoms with Crippen molar-refractivity contribution in [2.24, 2.45) is 5.92 Å². The molecule has 2 aromatic carbocycles. The molecule has 1 fully saturated rings. The lowest BCUT2D eigenvalue weighted by Crippen LogP contribution is -2.42. The van der Waals surface area contributed by atoms with Crippen molar-refractivity contribution in [3.05, 3.63) is 75.1 Å². The number of fused-ring (bicyclic) bond motifs is 1. The number of piperidine rings is 1. The Morgan fingerprint density at radius 1 is 1.16 bits per heavy atom. The second kappa shape index (κ2) is 9.44. The number of esters is 1. The Balaban J connectivity index is 1.34. The molecule has 0 spiro atoms. The summed E-state index contributed by atoms with van der Waals surface area (Å²) < 4.78 is 10.8. The highest BCUT2D eigenvalue weighted by Gasteiger charge is 2.28. The number of rotatable bonds is 4. The van der Waals surface area contributed by atoms with Gasteiger partial charge in [-0.2, -0.15) is 0 Å². The van der Waals surface area contributed by atoms with Crippen molar-refractivity contribution < 1.29 is 18.7 Å². The molecule has 32 heavy (non-hydrogen) atoms. The maximum absolute atomic E-state index is 12.6. The van der Waals surface area contributed by atoms with E-state index in [0.29, 0.717) is 47.5 Å². The molecule has 1 saturated heterocycles. The Hall–Kier alpha value is -3.32. The number of anilines is 1. The first-order chi connectivity index (χ1) is 15.4. The van der Waals surface area contributed by atoms with Crippen molar-refractivity contribution in [2.45, 2.75) is 26.4 Å². The number of amides is 2. The van der Waals surface area contributed by atoms with E-state index in [1.54, 1.807) is 17.0 Å². The average Bonchev–Trinajstić information content (AvgIpc) is 2.79. The highest BCUT2D eigenvalue weighted by molar-refractivity contribution is 6.32. The molecule has 1 aliphatic heterocycles. The van der Waals surface area contributed by atoms with Crippen LogP contribution < -0.4 is 10.9 Å². The summed E-state index contributed by atoms with van der Waals surface area (Å²) in [6.07, 6.45) is 1.04. The van der Waals surface area contributed by atoms with Crippen LogP contribution in [0, 0.1) is 12.8 Å². The van der Waals surface area contributed by atoms with Crippen LogP contribution in [0.3, 0.4) is 0 Å². The molecule has 2 amide bonds. The lowest BCUT2D eigenvalue weighted by Gasteiger charge is -2.31. The Morgan fingerprint density at radius 3 is 2.59 bits per heavy atom. The number of hydrogen-bond donors (Lipinski definition) is 1. The van der Waals surface area contributed by atoms with Gasteiger partial charge in [0.1, 0.15) is 12.2 Å². The maximum atomic E-state index is 12.6. The Labute approximate surface area is 189 Å². The fourth-order valence-corrected chi connectivity index (χ4v) is 3.94. The minimum absolute atomic E-state index is 0.0466. The van der Waals surface area contributed by atoms with E-state index in [9.17, 15) is 14.4 Å². The van der Waals surface area contributed by atoms with Gasteiger partial charge in [-0.25, -0.2) is 9.59 Å². The fraction of sp³-hybridized carbons (Fsp3) is 0.292. The summed E-state index contributed by atoms with van der Waals surface area (Å²) in [5, 5.41) is 4.04. The molecule has 1 aromatic heterocycles. The number of ether oxygens (including phenoxy) is 1. The molecule has 4 rings (SSSR count). The molecule has 166 valence electrons. The number of nitrogens with one attached hydrogen (secondary N) is 1. The predicted molar refractivity (Wildman–Crippen MR) is 122 cm³/mol. The second-order valence-corrected chi connectivity index (χ2v) is 8.26. The van der Waals surface area contributed by atoms with Crippen LogP contribution in [0.5, 0.6) is 0 Å². The summed E-state index contributed by atoms with van der Waals surface area (Å²) >= 11 is 6.21. The van der Waals surface area contributed by atoms with Crippen molar-refractivity contribution in [1.82, 2.24) is 4.90 Å². The third-order valence-electron chi connectivity index (χ3n) is 5.62. The fourth-order valence-electron chi connectivity index (χ4n) is 3.78. The number of para-hydroxylation sites is 1. The number of halogens is 1. The second-order valence-electron chi connectivity index (χ2n) is 7.85. The number of urea groups is 1. The standard InChI is InChI=1S/C24H23ClN2O5/c1-15-11-21-19(13-20(15)25)17(12-22(28)32-21)14-31-23(29)16-7-9-27(10-8-16)24(30)26-18-5-3-2-4-6-18/h2-6,11-13,16H,7-10,14H2,1H3,(H,26,30). The molecule has 2 heterocycles. The van der Waals surface area contributed by atoms with E-state index in [2.05, 4.69) is 5.32 Å². The number of carbonyl (C=O) groups excluding carboxylic acids is 2. The zero-order valence-electron chi connectivity index (χ0n) is 17.6. The van der Waals surface area contributed by atoms with Crippen LogP contribution in [0.2, 0.25) is 5.02 Å². The van der Waals surface area contributed by atoms with Crippen molar-refractivity contribution in [3.63, 3.8) is 0 Å². The monoisotopic (exact) mass is 454 g/mol. The molecule has 1 N–H and O–H groups in total. The van der Waals surface area contributed by atoms with Crippen LogP contribution in [0.25, 0.3) is 11.0 Å². The quantitative estimate of drug-likeness (QED) is 0.454. The number of carbonyl (C=O) groups is 2. The summed E-state index contributed by atoms with van der Waals surface area (Å²) in [7, 11) is 0. The van der Waals surface area contributed by atoms with Crippen LogP contribution in [0.4, 0.5) is 10.5 Å². The molecule has 0 aliphatic carbocycles. The van der Waals surface area contributed by atoms with E-state index < -0.39 is 5.63 Å². The molecule has 1 aliphatic rings. The lowest BCUT2D eigenvalue weighted by atomic mass is 9.97. The normalized spacial score (nSPS) is 14.4. The Bertz CT molecular complexity index is 1200. The summed E-state index contributed by atoms with van der Waals surface area (Å²) in [6.45, 7) is 2.70. The summed E-state index contributed by atoms with van der Waals surface area (Å²) in [6, 6.07) is 13.8. The highest BCUT2D eigenvalue weighted by Crippen LogP contribution is 2.26. The molecule has 0 unspecified atom stereocenters. The molecule has 0 bridgehead atoms. The van der Waals surface area contributed by atoms with E-state index in [-0.39, 0.29) is 24.5 Å². The lowest BCUT2D eigenvalue weighted by molar-refractivity contribution is -0.151. The SMILES string of the molecule is Cc1cc2oc(=O)cc(COC(=O)C3CCN(C(=O)Nc4ccccc4)CC3)c2cc1Cl. The zero-order chi connectivity index (χ0) is 22.7. The highest BCUT2D eigenvalue weighted by atomic mass is 35.5. The van der Waals surface area contributed by atoms with Gasteiger partial charge < -0.3 is 19.4 Å². The topological polar surface area (TPSA) is 88.8 Å². The van der Waals surface area contributed by atoms with Crippen LogP contribution in [-0.4, -0.2) is 30.0 Å². The van der Waals surface area contributed by atoms with Gasteiger partial charge in [-0.1, -0.05) is 29.8 Å². The first-order valence-electron chi connectivity index (χ1n) is 10.4. The van der Waals surface area contributed by atoms with Crippen molar-refractivity contribution >= 4 is 40.3 Å². The molecular formula is C24H23ClN2O5. The summed E-state index contributed by atoms with van der Waals surface area (Å²) in [4.78, 5) is 38.6. The van der Waals surface area contributed by atoms with Gasteiger partial charge in [-0.05, 0) is 49.6 Å². The van der Waals surface area contributed by atoms with Crippen molar-refractivity contribution in [2.75, 3.05) is 18.4 Å². The minimum Gasteiger partial charge on any atom is -0.461 e. The molecular weight excluding hydrogens is 432 g/mol. The number of aryl methyl sites for hydroxylation is 1. The molecule has 0 atom stereocenters. The van der Waals surface area contributed by atoms with Crippen LogP contribution in [0.1, 0.15) is 24.0 Å². The Kier molecular flexibility index (Phi) is 6.46. The molecule has 3 aromatic rings. The third-order valence-corrected chi connectivity index (χ3v) is 6.03. The van der Waals surface area contributed by atoms with E-state index in [0.717, 1.165) is 11.3 Å². The van der Waals surface area contributed by atoms with Gasteiger partial charge in [0.15, 0.2) is 0 Å². The molecule has 0 saturated carbocycles. The predicted octanol–water partition coefficient (Wildman–Crippen LogP) is 4.74. The van der Waals surface area contributed by atoms with Crippen molar-refractivity contribution in [1.29, 1.82) is 0 Å². The third kappa shape index (κ3) is 4.94. The smallest absolute Gasteiger partial charge is 0.336 e. The van der Waals surface area contributed by atoms with E-state index in [1.165, 1.54) is 6.07 Å². The van der Waals surface area contributed by atoms with E-state index in [4.69, 9.17) is 20.8 Å². The zero-order valence-corrected chi connectivity index (χ0v) is 18.4. The van der Waals surface area contributed by atoms with Gasteiger partial charge in [0.2, 0.25) is 0 Å². The van der Waals surface area contributed by atoms with Crippen LogP contribution in [-0.2, 0) is 16.1 Å². The summed E-state index contributed by atoms with van der Waals surface area (Å²) in [5.74, 6) is -0.638. The van der Waals surface area contributed by atoms with E-state index >= 15 is 0 Å². The largest absolute Gasteiger partial charge is 0.461 e. The summed E-state index contributed by atoms with van der Waals surface area (Å²) in [5.41, 5.74) is 1.96. The number of benzene rings is 2. The van der Waals surface area contributed by atoms with Gasteiger partial charge in [0.05, 0.1) is 5.92 Å². The number of hydrogen-bond acceptors (Lipinski definition) is 5. The molecule has 7 nitrogen and oxygen atoms in total. The van der Waals surface area contributed by atoms with Gasteiger partial charge in [0.25, 0.3) is 0 Å². The molecule has 8 heteroatoms. The first kappa shape index (κ1) is 21.9. The minimum atomic E-state index is -0.511. The van der Waals surface area contributed by atoms with Gasteiger partial charge in [-0.3, -0.25) is 4.79 Å². The van der Waals surface area contributed by atoms with Crippen LogP contribution in [0.15, 0.2) is 57.7 Å². The van der Waals surface area contributed by atoms with Crippen LogP contribution >= 0.6 is 11.6 Å². The van der Waals surface area contributed by atoms with Crippen molar-refractivity contribution in [3.8, 4) is 0 Å². The van der Waals surface area contributed by atoms with Gasteiger partial charge in [-0.15, -0.1) is 0 Å². The van der Waals surface area contributed by atoms with Gasteiger partial charge >= 0.3 is 17.6 Å².